The van der Waals surface area contributed by atoms with Gasteiger partial charge in [0.05, 0.1) is 6.54 Å². The van der Waals surface area contributed by atoms with Crippen molar-refractivity contribution in [2.24, 2.45) is 10.7 Å². The van der Waals surface area contributed by atoms with Gasteiger partial charge in [0.2, 0.25) is 0 Å². The molecule has 0 bridgehead atoms. The summed E-state index contributed by atoms with van der Waals surface area (Å²) in [5.74, 6) is 0.588. The van der Waals surface area contributed by atoms with E-state index in [1.807, 2.05) is 0 Å². The Hall–Kier alpha value is -1.11. The number of likely N-dealkylation sites (tertiary alicyclic amines) is 2. The second-order valence-corrected chi connectivity index (χ2v) is 9.11. The summed E-state index contributed by atoms with van der Waals surface area (Å²) in [7, 11) is 0. The second-order valence-electron chi connectivity index (χ2n) is 9.11. The van der Waals surface area contributed by atoms with Crippen molar-refractivity contribution in [1.29, 1.82) is 0 Å². The molecule has 0 aromatic rings. The van der Waals surface area contributed by atoms with E-state index in [4.69, 9.17) is 5.73 Å². The van der Waals surface area contributed by atoms with Crippen LogP contribution in [0.1, 0.15) is 60.3 Å². The maximum absolute atomic E-state index is 6.11. The lowest BCUT2D eigenvalue weighted by atomic mass is 10.0. The zero-order valence-corrected chi connectivity index (χ0v) is 18.9. The number of aliphatic imine (C=N–C) groups is 1. The largest absolute Gasteiger partial charge is 0.370 e. The lowest BCUT2D eigenvalue weighted by Crippen LogP contribution is -2.48. The molecule has 6 nitrogen and oxygen atoms in total. The Balaban J connectivity index is 1.62. The molecule has 2 aliphatic heterocycles. The molecule has 0 atom stereocenters. The molecule has 2 saturated heterocycles. The number of nitrogens with one attached hydrogen (secondary N) is 2. The molecule has 162 valence electrons. The minimum absolute atomic E-state index is 0.460. The van der Waals surface area contributed by atoms with Crippen molar-refractivity contribution in [2.75, 3.05) is 39.3 Å². The predicted octanol–water partition coefficient (Wildman–Crippen LogP) is 2.17. The zero-order chi connectivity index (χ0) is 20.5. The topological polar surface area (TPSA) is 68.9 Å². The van der Waals surface area contributed by atoms with Gasteiger partial charge < -0.3 is 26.2 Å². The summed E-state index contributed by atoms with van der Waals surface area (Å²) in [6.07, 6.45) is 7.03. The number of nitrogens with zero attached hydrogens (tertiary/aromatic N) is 3. The Kier molecular flexibility index (Phi) is 9.75. The van der Waals surface area contributed by atoms with Crippen molar-refractivity contribution in [3.63, 3.8) is 0 Å². The summed E-state index contributed by atoms with van der Waals surface area (Å²) in [6, 6.07) is 2.41. The number of nitrogens with two attached hydrogens (primary N) is 1. The highest BCUT2D eigenvalue weighted by molar-refractivity contribution is 5.78. The van der Waals surface area contributed by atoms with Crippen LogP contribution < -0.4 is 16.4 Å². The Morgan fingerprint density at radius 1 is 0.964 bits per heavy atom. The normalized spacial score (nSPS) is 22.4. The highest BCUT2D eigenvalue weighted by Gasteiger charge is 2.21. The van der Waals surface area contributed by atoms with Gasteiger partial charge in [0.25, 0.3) is 0 Å². The molecule has 0 saturated carbocycles. The molecule has 0 amide bonds. The van der Waals surface area contributed by atoms with Crippen molar-refractivity contribution in [3.05, 3.63) is 11.6 Å². The van der Waals surface area contributed by atoms with Crippen molar-refractivity contribution >= 4 is 5.96 Å². The molecule has 0 unspecified atom stereocenters. The number of hydrogen-bond acceptors (Lipinski definition) is 4. The van der Waals surface area contributed by atoms with Crippen LogP contribution in [0.4, 0.5) is 0 Å². The fraction of sp³-hybridized carbons (Fsp3) is 0.864. The van der Waals surface area contributed by atoms with Crippen LogP contribution in [0, 0.1) is 0 Å². The van der Waals surface area contributed by atoms with Gasteiger partial charge in [0.1, 0.15) is 0 Å². The molecule has 4 N–H and O–H groups in total. The molecular weight excluding hydrogens is 348 g/mol. The van der Waals surface area contributed by atoms with E-state index in [1.165, 1.54) is 31.5 Å². The Bertz CT molecular complexity index is 497. The first-order valence-electron chi connectivity index (χ1n) is 11.3. The van der Waals surface area contributed by atoms with Crippen LogP contribution in [0.2, 0.25) is 0 Å². The van der Waals surface area contributed by atoms with Crippen LogP contribution in [0.25, 0.3) is 0 Å². The highest BCUT2D eigenvalue weighted by Crippen LogP contribution is 2.13. The molecule has 2 aliphatic rings. The summed E-state index contributed by atoms with van der Waals surface area (Å²) >= 11 is 0. The van der Waals surface area contributed by atoms with Crippen molar-refractivity contribution < 1.29 is 0 Å². The van der Waals surface area contributed by atoms with E-state index < -0.39 is 0 Å². The zero-order valence-electron chi connectivity index (χ0n) is 18.9. The molecule has 0 spiro atoms. The summed E-state index contributed by atoms with van der Waals surface area (Å²) < 4.78 is 0. The van der Waals surface area contributed by atoms with E-state index in [0.29, 0.717) is 36.7 Å². The Morgan fingerprint density at radius 3 is 1.96 bits per heavy atom. The molecule has 2 fully saturated rings. The molecule has 2 rings (SSSR count). The van der Waals surface area contributed by atoms with Crippen LogP contribution >= 0.6 is 0 Å². The number of guanidine groups is 1. The average molecular weight is 393 g/mol. The van der Waals surface area contributed by atoms with E-state index in [2.05, 4.69) is 66.1 Å². The minimum Gasteiger partial charge on any atom is -0.370 e. The number of hydrogen-bond donors (Lipinski definition) is 3. The average Bonchev–Trinajstić information content (AvgIpc) is 2.67. The van der Waals surface area contributed by atoms with E-state index in [0.717, 1.165) is 32.5 Å². The number of piperidine rings is 2. The Morgan fingerprint density at radius 2 is 1.46 bits per heavy atom. The third-order valence-corrected chi connectivity index (χ3v) is 6.23. The van der Waals surface area contributed by atoms with E-state index in [-0.39, 0.29) is 0 Å². The molecule has 0 aliphatic carbocycles. The first-order chi connectivity index (χ1) is 13.3. The smallest absolute Gasteiger partial charge is 0.189 e. The molecule has 0 aromatic heterocycles. The molecule has 0 radical (unpaired) electrons. The summed E-state index contributed by atoms with van der Waals surface area (Å²) in [6.45, 7) is 17.6. The SMILES string of the molecule is C/C(=C/CNC1CCN(C(C)C)CC1)CN=C(N)NC1CCN(C(C)C)CC1. The van der Waals surface area contributed by atoms with Crippen LogP contribution in [-0.4, -0.2) is 79.2 Å². The standard InChI is InChI=1S/C22H44N6/c1-17(2)27-12-7-20(8-13-27)24-11-6-19(5)16-25-22(23)26-21-9-14-28(15-10-21)18(3)4/h6,17-18,20-21,24H,7-16H2,1-5H3,(H3,23,25,26)/b19-6-. The molecule has 6 heteroatoms. The minimum atomic E-state index is 0.460. The third-order valence-electron chi connectivity index (χ3n) is 6.23. The maximum Gasteiger partial charge on any atom is 0.189 e. The van der Waals surface area contributed by atoms with Crippen LogP contribution in [0.3, 0.4) is 0 Å². The van der Waals surface area contributed by atoms with Gasteiger partial charge in [0, 0.05) is 43.8 Å². The third kappa shape index (κ3) is 8.10. The quantitative estimate of drug-likeness (QED) is 0.336. The maximum atomic E-state index is 6.11. The van der Waals surface area contributed by atoms with Gasteiger partial charge in [-0.05, 0) is 73.4 Å². The van der Waals surface area contributed by atoms with Gasteiger partial charge in [-0.15, -0.1) is 0 Å². The first-order valence-corrected chi connectivity index (χ1v) is 11.3. The van der Waals surface area contributed by atoms with Crippen LogP contribution in [-0.2, 0) is 0 Å². The van der Waals surface area contributed by atoms with Gasteiger partial charge in [0.15, 0.2) is 5.96 Å². The van der Waals surface area contributed by atoms with Gasteiger partial charge >= 0.3 is 0 Å². The van der Waals surface area contributed by atoms with Gasteiger partial charge in [-0.1, -0.05) is 11.6 Å². The predicted molar refractivity (Wildman–Crippen MR) is 121 cm³/mol. The van der Waals surface area contributed by atoms with Crippen LogP contribution in [0.15, 0.2) is 16.6 Å². The van der Waals surface area contributed by atoms with E-state index >= 15 is 0 Å². The van der Waals surface area contributed by atoms with E-state index in [9.17, 15) is 0 Å². The molecule has 0 aromatic carbocycles. The fourth-order valence-electron chi connectivity index (χ4n) is 4.11. The lowest BCUT2D eigenvalue weighted by molar-refractivity contribution is 0.163. The van der Waals surface area contributed by atoms with Gasteiger partial charge in [-0.2, -0.15) is 0 Å². The van der Waals surface area contributed by atoms with Gasteiger partial charge in [-0.25, -0.2) is 4.99 Å². The molecular formula is C22H44N6. The fourth-order valence-corrected chi connectivity index (χ4v) is 4.11. The second kappa shape index (κ2) is 11.8. The summed E-state index contributed by atoms with van der Waals surface area (Å²) in [5, 5.41) is 7.08. The van der Waals surface area contributed by atoms with Crippen molar-refractivity contribution in [3.8, 4) is 0 Å². The molecule has 28 heavy (non-hydrogen) atoms. The Labute approximate surface area is 173 Å². The van der Waals surface area contributed by atoms with Gasteiger partial charge in [-0.3, -0.25) is 0 Å². The van der Waals surface area contributed by atoms with E-state index in [1.54, 1.807) is 0 Å². The lowest BCUT2D eigenvalue weighted by Gasteiger charge is -2.35. The number of rotatable bonds is 8. The molecule has 2 heterocycles. The summed E-state index contributed by atoms with van der Waals surface area (Å²) in [4.78, 5) is 9.63. The highest BCUT2D eigenvalue weighted by atomic mass is 15.2. The monoisotopic (exact) mass is 392 g/mol. The van der Waals surface area contributed by atoms with Crippen molar-refractivity contribution in [1.82, 2.24) is 20.4 Å². The first kappa shape index (κ1) is 23.2. The van der Waals surface area contributed by atoms with Crippen LogP contribution in [0.5, 0.6) is 0 Å². The summed E-state index contributed by atoms with van der Waals surface area (Å²) in [5.41, 5.74) is 7.38. The van der Waals surface area contributed by atoms with Crippen molar-refractivity contribution in [2.45, 2.75) is 84.5 Å².